The van der Waals surface area contributed by atoms with Crippen LogP contribution in [0.25, 0.3) is 0 Å². The third-order valence-electron chi connectivity index (χ3n) is 9.91. The van der Waals surface area contributed by atoms with Gasteiger partial charge in [0.15, 0.2) is 11.2 Å². The summed E-state index contributed by atoms with van der Waals surface area (Å²) in [5.74, 6) is 0.280. The average molecular weight is 603 g/mol. The van der Waals surface area contributed by atoms with Gasteiger partial charge in [-0.15, -0.1) is 0 Å². The fourth-order valence-electron chi connectivity index (χ4n) is 8.00. The molecule has 0 saturated heterocycles. The molecule has 0 heterocycles. The summed E-state index contributed by atoms with van der Waals surface area (Å²) in [6, 6.07) is 19.2. The first-order valence-corrected chi connectivity index (χ1v) is 17.6. The molecule has 230 valence electrons. The Balaban J connectivity index is 1.81. The van der Waals surface area contributed by atoms with Gasteiger partial charge in [0.2, 0.25) is 14.1 Å². The highest BCUT2D eigenvalue weighted by molar-refractivity contribution is 6.77. The summed E-state index contributed by atoms with van der Waals surface area (Å²) in [6.45, 7) is 15.4. The fourth-order valence-corrected chi connectivity index (χ4v) is 13.5. The van der Waals surface area contributed by atoms with Crippen LogP contribution in [0.5, 0.6) is 11.5 Å². The Labute approximate surface area is 257 Å². The molecule has 2 N–H and O–H groups in total. The number of carbonyl (C=O) groups is 1. The second-order valence-corrected chi connectivity index (χ2v) is 18.7. The minimum absolute atomic E-state index is 0.0490. The standard InChI is InChI=1S/C36H46O6Si/c1-22(2)43(23(3)4,24(5)6)42-34-28-19-25(7)20-30(40-8)31(28)33(37)35(38)18-17-27-15-12-16-29(32(27)36(34,35)39)41-21-26-13-10-9-11-14-26/h9-16,19-20,22-24,34,38-39H,17-18,21H2,1-8H3/t34-,35-,36+/m1/s1. The highest BCUT2D eigenvalue weighted by Crippen LogP contribution is 2.61. The van der Waals surface area contributed by atoms with Crippen LogP contribution in [0.1, 0.15) is 92.2 Å². The van der Waals surface area contributed by atoms with Gasteiger partial charge in [0.05, 0.1) is 12.7 Å². The highest BCUT2D eigenvalue weighted by atomic mass is 28.4. The molecule has 3 atom stereocenters. The molecule has 0 unspecified atom stereocenters. The summed E-state index contributed by atoms with van der Waals surface area (Å²) in [6.07, 6.45) is -0.578. The summed E-state index contributed by atoms with van der Waals surface area (Å²) in [4.78, 5) is 14.5. The van der Waals surface area contributed by atoms with Crippen molar-refractivity contribution < 1.29 is 28.9 Å². The van der Waals surface area contributed by atoms with Gasteiger partial charge in [-0.2, -0.15) is 0 Å². The molecule has 3 aromatic carbocycles. The van der Waals surface area contributed by atoms with Crippen molar-refractivity contribution in [2.45, 2.75) is 102 Å². The lowest BCUT2D eigenvalue weighted by atomic mass is 9.58. The average Bonchev–Trinajstić information content (AvgIpc) is 2.97. The van der Waals surface area contributed by atoms with Gasteiger partial charge in [0, 0.05) is 5.56 Å². The lowest BCUT2D eigenvalue weighted by molar-refractivity contribution is -0.199. The third-order valence-corrected chi connectivity index (χ3v) is 16.0. The van der Waals surface area contributed by atoms with Gasteiger partial charge >= 0.3 is 0 Å². The second-order valence-electron chi connectivity index (χ2n) is 13.3. The van der Waals surface area contributed by atoms with Gasteiger partial charge in [0.1, 0.15) is 24.2 Å². The number of hydrogen-bond acceptors (Lipinski definition) is 6. The Bertz CT molecular complexity index is 1480. The van der Waals surface area contributed by atoms with Gasteiger partial charge < -0.3 is 24.1 Å². The first-order chi connectivity index (χ1) is 20.3. The molecule has 5 rings (SSSR count). The summed E-state index contributed by atoms with van der Waals surface area (Å²) < 4.78 is 19.6. The number of ether oxygens (including phenoxy) is 2. The number of benzene rings is 3. The maximum absolute atomic E-state index is 14.5. The van der Waals surface area contributed by atoms with Crippen LogP contribution in [0, 0.1) is 6.92 Å². The van der Waals surface area contributed by atoms with Crippen molar-refractivity contribution in [1.29, 1.82) is 0 Å². The number of hydrogen-bond donors (Lipinski definition) is 2. The van der Waals surface area contributed by atoms with Gasteiger partial charge in [-0.05, 0) is 70.8 Å². The molecule has 0 saturated carbocycles. The predicted octanol–water partition coefficient (Wildman–Crippen LogP) is 7.58. The lowest BCUT2D eigenvalue weighted by Gasteiger charge is -2.57. The van der Waals surface area contributed by atoms with E-state index in [1.165, 1.54) is 7.11 Å². The first kappa shape index (κ1) is 31.5. The number of carbonyl (C=O) groups excluding carboxylic acids is 1. The monoisotopic (exact) mass is 602 g/mol. The molecule has 0 spiro atoms. The molecule has 0 bridgehead atoms. The van der Waals surface area contributed by atoms with Crippen molar-refractivity contribution in [2.24, 2.45) is 0 Å². The summed E-state index contributed by atoms with van der Waals surface area (Å²) >= 11 is 0. The van der Waals surface area contributed by atoms with Crippen molar-refractivity contribution in [3.63, 3.8) is 0 Å². The van der Waals surface area contributed by atoms with Crippen LogP contribution in [0.15, 0.2) is 60.7 Å². The van der Waals surface area contributed by atoms with Crippen molar-refractivity contribution in [3.05, 3.63) is 94.0 Å². The van der Waals surface area contributed by atoms with Crippen molar-refractivity contribution in [3.8, 4) is 11.5 Å². The number of methoxy groups -OCH3 is 1. The van der Waals surface area contributed by atoms with Gasteiger partial charge in [-0.3, -0.25) is 4.79 Å². The van der Waals surface area contributed by atoms with Crippen LogP contribution in [-0.4, -0.2) is 37.0 Å². The zero-order chi connectivity index (χ0) is 31.3. The fraction of sp³-hybridized carbons (Fsp3) is 0.472. The van der Waals surface area contributed by atoms with Crippen molar-refractivity contribution in [2.75, 3.05) is 7.11 Å². The third kappa shape index (κ3) is 4.76. The molecule has 2 aliphatic carbocycles. The van der Waals surface area contributed by atoms with E-state index in [2.05, 4.69) is 41.5 Å². The molecule has 0 fully saturated rings. The molecular weight excluding hydrogens is 556 g/mol. The van der Waals surface area contributed by atoms with Crippen molar-refractivity contribution >= 4 is 14.1 Å². The van der Waals surface area contributed by atoms with Gasteiger partial charge in [-0.1, -0.05) is 90.1 Å². The van der Waals surface area contributed by atoms with Crippen molar-refractivity contribution in [1.82, 2.24) is 0 Å². The maximum Gasteiger partial charge on any atom is 0.201 e. The SMILES string of the molecule is COc1cc(C)cc2c1C(=O)[C@]1(O)CCc3cccc(OCc4ccccc4)c3[C@]1(O)[C@@H]2O[Si](C(C)C)(C(C)C)C(C)C. The second kappa shape index (κ2) is 11.5. The first-order valence-electron chi connectivity index (χ1n) is 15.5. The summed E-state index contributed by atoms with van der Waals surface area (Å²) in [7, 11) is -1.15. The zero-order valence-electron chi connectivity index (χ0n) is 26.7. The molecule has 0 amide bonds. The van der Waals surface area contributed by atoms with Crippen LogP contribution in [0.2, 0.25) is 16.6 Å². The van der Waals surface area contributed by atoms with Crippen LogP contribution in [0.4, 0.5) is 0 Å². The zero-order valence-corrected chi connectivity index (χ0v) is 27.7. The number of ketones is 1. The van der Waals surface area contributed by atoms with E-state index >= 15 is 0 Å². The normalized spacial score (nSPS) is 23.3. The van der Waals surface area contributed by atoms with Gasteiger partial charge in [-0.25, -0.2) is 0 Å². The Morgan fingerprint density at radius 3 is 2.16 bits per heavy atom. The smallest absolute Gasteiger partial charge is 0.201 e. The molecule has 0 radical (unpaired) electrons. The maximum atomic E-state index is 14.5. The summed E-state index contributed by atoms with van der Waals surface area (Å²) in [5.41, 5.74) is 0.304. The van der Waals surface area contributed by atoms with Crippen LogP contribution in [-0.2, 0) is 23.1 Å². The van der Waals surface area contributed by atoms with Gasteiger partial charge in [0.25, 0.3) is 0 Å². The van der Waals surface area contributed by atoms with E-state index in [-0.39, 0.29) is 35.2 Å². The van der Waals surface area contributed by atoms with Crippen LogP contribution >= 0.6 is 0 Å². The number of aryl methyl sites for hydroxylation is 2. The minimum Gasteiger partial charge on any atom is -0.496 e. The number of fused-ring (bicyclic) bond motifs is 4. The number of aliphatic hydroxyl groups is 2. The van der Waals surface area contributed by atoms with E-state index in [9.17, 15) is 15.0 Å². The molecule has 0 aromatic heterocycles. The van der Waals surface area contributed by atoms with E-state index in [0.29, 0.717) is 29.0 Å². The van der Waals surface area contributed by atoms with Crippen LogP contribution in [0.3, 0.4) is 0 Å². The lowest BCUT2D eigenvalue weighted by Crippen LogP contribution is -2.67. The van der Waals surface area contributed by atoms with Crippen LogP contribution < -0.4 is 9.47 Å². The van der Waals surface area contributed by atoms with E-state index in [4.69, 9.17) is 13.9 Å². The largest absolute Gasteiger partial charge is 0.496 e. The molecular formula is C36H46O6Si. The molecule has 6 nitrogen and oxygen atoms in total. The highest BCUT2D eigenvalue weighted by Gasteiger charge is 2.69. The minimum atomic E-state index is -2.68. The molecule has 7 heteroatoms. The van der Waals surface area contributed by atoms with E-state index in [1.54, 1.807) is 0 Å². The molecule has 2 aliphatic rings. The number of Topliss-reactive ketones (excluding diaryl/α,β-unsaturated/α-hetero) is 1. The Hall–Kier alpha value is -2.97. The van der Waals surface area contributed by atoms with E-state index in [0.717, 1.165) is 16.7 Å². The topological polar surface area (TPSA) is 85.2 Å². The summed E-state index contributed by atoms with van der Waals surface area (Å²) in [5, 5.41) is 25.9. The molecule has 3 aromatic rings. The number of rotatable bonds is 9. The Morgan fingerprint density at radius 1 is 0.907 bits per heavy atom. The predicted molar refractivity (Wildman–Crippen MR) is 171 cm³/mol. The Kier molecular flexibility index (Phi) is 8.42. The molecule has 0 aliphatic heterocycles. The van der Waals surface area contributed by atoms with E-state index in [1.807, 2.05) is 67.6 Å². The quantitative estimate of drug-likeness (QED) is 0.246. The Morgan fingerprint density at radius 2 is 1.56 bits per heavy atom. The van der Waals surface area contributed by atoms with E-state index < -0.39 is 31.4 Å². The molecule has 43 heavy (non-hydrogen) atoms.